The minimum Gasteiger partial charge on any atom is -0.399 e. The number of rotatable bonds is 1. The van der Waals surface area contributed by atoms with Crippen LogP contribution in [0.15, 0.2) is 41.0 Å². The van der Waals surface area contributed by atoms with Gasteiger partial charge in [0.1, 0.15) is 5.82 Å². The van der Waals surface area contributed by atoms with Crippen molar-refractivity contribution in [2.24, 2.45) is 0 Å². The Morgan fingerprint density at radius 3 is 2.83 bits per heavy atom. The van der Waals surface area contributed by atoms with E-state index < -0.39 is 0 Å². The molecule has 0 unspecified atom stereocenters. The lowest BCUT2D eigenvalue weighted by Crippen LogP contribution is -1.94. The molecule has 2 N–H and O–H groups in total. The van der Waals surface area contributed by atoms with Gasteiger partial charge in [-0.15, -0.1) is 10.2 Å². The molecule has 0 fully saturated rings. The molecule has 0 spiro atoms. The van der Waals surface area contributed by atoms with Gasteiger partial charge in [-0.05, 0) is 46.3 Å². The number of benzene rings is 1. The van der Waals surface area contributed by atoms with E-state index in [1.165, 1.54) is 12.1 Å². The van der Waals surface area contributed by atoms with Crippen LogP contribution < -0.4 is 5.73 Å². The second-order valence-corrected chi connectivity index (χ2v) is 4.75. The standard InChI is InChI=1S/C12H8BrFN4/c13-7-1-4-11-16-17-12(18(11)6-7)9-5-8(15)2-3-10(9)14/h1-6H,15H2. The van der Waals surface area contributed by atoms with E-state index in [1.807, 2.05) is 6.07 Å². The van der Waals surface area contributed by atoms with E-state index in [4.69, 9.17) is 5.73 Å². The van der Waals surface area contributed by atoms with Crippen molar-refractivity contribution in [1.29, 1.82) is 0 Å². The van der Waals surface area contributed by atoms with Crippen molar-refractivity contribution in [1.82, 2.24) is 14.6 Å². The zero-order chi connectivity index (χ0) is 12.7. The van der Waals surface area contributed by atoms with E-state index in [0.717, 1.165) is 4.47 Å². The molecule has 0 aliphatic rings. The highest BCUT2D eigenvalue weighted by molar-refractivity contribution is 9.10. The zero-order valence-corrected chi connectivity index (χ0v) is 10.7. The molecule has 0 radical (unpaired) electrons. The van der Waals surface area contributed by atoms with Crippen LogP contribution in [0.3, 0.4) is 0 Å². The molecule has 6 heteroatoms. The maximum absolute atomic E-state index is 13.8. The molecule has 2 aromatic heterocycles. The Balaban J connectivity index is 2.31. The summed E-state index contributed by atoms with van der Waals surface area (Å²) >= 11 is 3.36. The fourth-order valence-electron chi connectivity index (χ4n) is 1.76. The molecule has 0 saturated heterocycles. The summed E-state index contributed by atoms with van der Waals surface area (Å²) in [5.41, 5.74) is 7.14. The molecule has 0 aliphatic heterocycles. The number of hydrogen-bond donors (Lipinski definition) is 1. The molecule has 0 amide bonds. The highest BCUT2D eigenvalue weighted by Crippen LogP contribution is 2.25. The van der Waals surface area contributed by atoms with Gasteiger partial charge in [-0.3, -0.25) is 4.40 Å². The van der Waals surface area contributed by atoms with E-state index in [-0.39, 0.29) is 5.82 Å². The second kappa shape index (κ2) is 4.06. The quantitative estimate of drug-likeness (QED) is 0.703. The third kappa shape index (κ3) is 1.74. The molecular weight excluding hydrogens is 299 g/mol. The number of nitrogen functional groups attached to an aromatic ring is 1. The first kappa shape index (κ1) is 11.2. The third-order valence-corrected chi connectivity index (χ3v) is 3.07. The predicted molar refractivity (Wildman–Crippen MR) is 70.5 cm³/mol. The molecule has 0 saturated carbocycles. The number of nitrogens with two attached hydrogens (primary N) is 1. The lowest BCUT2D eigenvalue weighted by molar-refractivity contribution is 0.630. The van der Waals surface area contributed by atoms with Crippen LogP contribution in [0.5, 0.6) is 0 Å². The molecular formula is C12H8BrFN4. The summed E-state index contributed by atoms with van der Waals surface area (Å²) in [6.07, 6.45) is 1.79. The smallest absolute Gasteiger partial charge is 0.171 e. The van der Waals surface area contributed by atoms with Gasteiger partial charge in [0, 0.05) is 16.4 Å². The number of fused-ring (bicyclic) bond motifs is 1. The Bertz CT molecular complexity index is 738. The highest BCUT2D eigenvalue weighted by Gasteiger charge is 2.12. The summed E-state index contributed by atoms with van der Waals surface area (Å²) in [4.78, 5) is 0. The van der Waals surface area contributed by atoms with Crippen LogP contribution in [0.4, 0.5) is 10.1 Å². The molecule has 2 heterocycles. The third-order valence-electron chi connectivity index (χ3n) is 2.60. The number of halogens is 2. The monoisotopic (exact) mass is 306 g/mol. The number of pyridine rings is 1. The SMILES string of the molecule is Nc1ccc(F)c(-c2nnc3ccc(Br)cn23)c1. The Hall–Kier alpha value is -1.95. The summed E-state index contributed by atoms with van der Waals surface area (Å²) in [7, 11) is 0. The van der Waals surface area contributed by atoms with E-state index >= 15 is 0 Å². The largest absolute Gasteiger partial charge is 0.399 e. The second-order valence-electron chi connectivity index (χ2n) is 3.84. The van der Waals surface area contributed by atoms with Crippen LogP contribution in [0.1, 0.15) is 0 Å². The summed E-state index contributed by atoms with van der Waals surface area (Å²) in [6.45, 7) is 0. The molecule has 0 aliphatic carbocycles. The van der Waals surface area contributed by atoms with Gasteiger partial charge >= 0.3 is 0 Å². The summed E-state index contributed by atoms with van der Waals surface area (Å²) in [6, 6.07) is 8.03. The number of aromatic nitrogens is 3. The Morgan fingerprint density at radius 2 is 2.00 bits per heavy atom. The molecule has 3 rings (SSSR count). The van der Waals surface area contributed by atoms with Crippen molar-refractivity contribution in [3.8, 4) is 11.4 Å². The van der Waals surface area contributed by atoms with Gasteiger partial charge in [0.2, 0.25) is 0 Å². The Labute approximate surface area is 110 Å². The van der Waals surface area contributed by atoms with Crippen LogP contribution >= 0.6 is 15.9 Å². The minimum absolute atomic E-state index is 0.334. The Kier molecular flexibility index (Phi) is 2.52. The van der Waals surface area contributed by atoms with Gasteiger partial charge in [-0.25, -0.2) is 4.39 Å². The van der Waals surface area contributed by atoms with Gasteiger partial charge in [0.05, 0.1) is 5.56 Å². The first-order valence-electron chi connectivity index (χ1n) is 5.21. The average Bonchev–Trinajstić information content (AvgIpc) is 2.75. The van der Waals surface area contributed by atoms with Crippen molar-refractivity contribution < 1.29 is 4.39 Å². The number of anilines is 1. The average molecular weight is 307 g/mol. The highest BCUT2D eigenvalue weighted by atomic mass is 79.9. The van der Waals surface area contributed by atoms with Crippen LogP contribution in [0.25, 0.3) is 17.0 Å². The molecule has 4 nitrogen and oxygen atoms in total. The zero-order valence-electron chi connectivity index (χ0n) is 9.14. The summed E-state index contributed by atoms with van der Waals surface area (Å²) < 4.78 is 16.4. The van der Waals surface area contributed by atoms with Crippen LogP contribution in [0, 0.1) is 5.82 Å². The van der Waals surface area contributed by atoms with E-state index in [0.29, 0.717) is 22.7 Å². The van der Waals surface area contributed by atoms with Crippen molar-refractivity contribution in [3.05, 3.63) is 46.8 Å². The number of nitrogens with zero attached hydrogens (tertiary/aromatic N) is 3. The fourth-order valence-corrected chi connectivity index (χ4v) is 2.10. The van der Waals surface area contributed by atoms with E-state index in [9.17, 15) is 4.39 Å². The molecule has 3 aromatic rings. The van der Waals surface area contributed by atoms with Gasteiger partial charge < -0.3 is 5.73 Å². The van der Waals surface area contributed by atoms with E-state index in [2.05, 4.69) is 26.1 Å². The molecule has 90 valence electrons. The fraction of sp³-hybridized carbons (Fsp3) is 0. The van der Waals surface area contributed by atoms with Gasteiger partial charge in [0.25, 0.3) is 0 Å². The minimum atomic E-state index is -0.376. The summed E-state index contributed by atoms with van der Waals surface area (Å²) in [5.74, 6) is 0.0505. The Morgan fingerprint density at radius 1 is 1.17 bits per heavy atom. The summed E-state index contributed by atoms with van der Waals surface area (Å²) in [5, 5.41) is 8.00. The molecule has 0 atom stereocenters. The molecule has 0 bridgehead atoms. The van der Waals surface area contributed by atoms with Gasteiger partial charge in [-0.2, -0.15) is 0 Å². The van der Waals surface area contributed by atoms with Gasteiger partial charge in [-0.1, -0.05) is 0 Å². The normalized spacial score (nSPS) is 11.0. The van der Waals surface area contributed by atoms with Crippen molar-refractivity contribution in [2.75, 3.05) is 5.73 Å². The van der Waals surface area contributed by atoms with Crippen LogP contribution in [-0.4, -0.2) is 14.6 Å². The van der Waals surface area contributed by atoms with Gasteiger partial charge in [0.15, 0.2) is 11.5 Å². The predicted octanol–water partition coefficient (Wildman–Crippen LogP) is 2.88. The van der Waals surface area contributed by atoms with Crippen molar-refractivity contribution in [3.63, 3.8) is 0 Å². The topological polar surface area (TPSA) is 56.2 Å². The molecule has 18 heavy (non-hydrogen) atoms. The lowest BCUT2D eigenvalue weighted by atomic mass is 10.2. The first-order chi connectivity index (χ1) is 8.65. The van der Waals surface area contributed by atoms with E-state index in [1.54, 1.807) is 22.7 Å². The van der Waals surface area contributed by atoms with Crippen molar-refractivity contribution in [2.45, 2.75) is 0 Å². The molecule has 1 aromatic carbocycles. The van der Waals surface area contributed by atoms with Crippen LogP contribution in [0.2, 0.25) is 0 Å². The number of hydrogen-bond acceptors (Lipinski definition) is 3. The maximum atomic E-state index is 13.8. The van der Waals surface area contributed by atoms with Crippen LogP contribution in [-0.2, 0) is 0 Å². The maximum Gasteiger partial charge on any atom is 0.171 e. The first-order valence-corrected chi connectivity index (χ1v) is 6.00. The lowest BCUT2D eigenvalue weighted by Gasteiger charge is -2.03. The van der Waals surface area contributed by atoms with Crippen molar-refractivity contribution >= 4 is 27.3 Å².